The molecule has 5 nitrogen and oxygen atoms in total. The van der Waals surface area contributed by atoms with Crippen LogP contribution in [0.1, 0.15) is 34.7 Å². The second kappa shape index (κ2) is 9.27. The number of nitrogens with zero attached hydrogens (tertiary/aromatic N) is 3. The van der Waals surface area contributed by atoms with Crippen molar-refractivity contribution in [2.45, 2.75) is 26.3 Å². The zero-order valence-corrected chi connectivity index (χ0v) is 19.1. The van der Waals surface area contributed by atoms with Crippen LogP contribution in [-0.4, -0.2) is 37.3 Å². The number of carbonyl (C=O) groups is 1. The quantitative estimate of drug-likeness (QED) is 0.548. The first-order valence-electron chi connectivity index (χ1n) is 10.8. The van der Waals surface area contributed by atoms with Crippen molar-refractivity contribution < 1.29 is 9.53 Å². The van der Waals surface area contributed by atoms with Crippen LogP contribution in [0, 0.1) is 13.8 Å². The molecule has 0 saturated carbocycles. The van der Waals surface area contributed by atoms with Crippen molar-refractivity contribution in [2.75, 3.05) is 25.6 Å². The molecule has 0 bridgehead atoms. The molecular formula is C27H29N3O2. The van der Waals surface area contributed by atoms with Gasteiger partial charge in [-0.05, 0) is 43.7 Å². The lowest BCUT2D eigenvalue weighted by atomic mass is 9.94. The number of benzene rings is 3. The van der Waals surface area contributed by atoms with Gasteiger partial charge in [0, 0.05) is 30.3 Å². The average Bonchev–Trinajstić information content (AvgIpc) is 3.26. The number of aryl methyl sites for hydroxylation is 2. The van der Waals surface area contributed by atoms with Gasteiger partial charge in [0.1, 0.15) is 5.75 Å². The molecule has 0 N–H and O–H groups in total. The summed E-state index contributed by atoms with van der Waals surface area (Å²) >= 11 is 0. The Kier molecular flexibility index (Phi) is 6.26. The summed E-state index contributed by atoms with van der Waals surface area (Å²) < 4.78 is 5.62. The molecule has 1 aliphatic rings. The van der Waals surface area contributed by atoms with E-state index < -0.39 is 0 Å². The van der Waals surface area contributed by atoms with E-state index in [2.05, 4.69) is 32.0 Å². The van der Waals surface area contributed by atoms with Crippen molar-refractivity contribution in [1.29, 1.82) is 0 Å². The van der Waals surface area contributed by atoms with Crippen molar-refractivity contribution in [3.05, 3.63) is 95.1 Å². The van der Waals surface area contributed by atoms with Crippen molar-refractivity contribution >= 4 is 17.3 Å². The fraction of sp³-hybridized carbons (Fsp3) is 0.259. The highest BCUT2D eigenvalue weighted by molar-refractivity contribution is 6.04. The molecule has 1 amide bonds. The lowest BCUT2D eigenvalue weighted by Crippen LogP contribution is -2.36. The van der Waals surface area contributed by atoms with Gasteiger partial charge < -0.3 is 9.64 Å². The van der Waals surface area contributed by atoms with Gasteiger partial charge in [-0.3, -0.25) is 4.79 Å². The van der Waals surface area contributed by atoms with Gasteiger partial charge in [-0.2, -0.15) is 5.10 Å². The Morgan fingerprint density at radius 3 is 2.53 bits per heavy atom. The van der Waals surface area contributed by atoms with E-state index >= 15 is 0 Å². The first kappa shape index (κ1) is 21.6. The smallest absolute Gasteiger partial charge is 0.262 e. The van der Waals surface area contributed by atoms with E-state index in [4.69, 9.17) is 9.84 Å². The summed E-state index contributed by atoms with van der Waals surface area (Å²) in [6.45, 7) is 4.40. The normalized spacial score (nSPS) is 15.4. The fourth-order valence-corrected chi connectivity index (χ4v) is 4.18. The lowest BCUT2D eigenvalue weighted by Gasteiger charge is -2.26. The number of hydrazone groups is 1. The summed E-state index contributed by atoms with van der Waals surface area (Å²) in [6.07, 6.45) is 0.644. The highest BCUT2D eigenvalue weighted by Gasteiger charge is 2.35. The van der Waals surface area contributed by atoms with E-state index in [0.717, 1.165) is 33.8 Å². The van der Waals surface area contributed by atoms with Gasteiger partial charge in [-0.15, -0.1) is 0 Å². The molecule has 1 unspecified atom stereocenters. The highest BCUT2D eigenvalue weighted by atomic mass is 16.5. The average molecular weight is 428 g/mol. The number of likely N-dealkylation sites (N-methyl/N-ethyl adjacent to an activating group) is 1. The van der Waals surface area contributed by atoms with Crippen molar-refractivity contribution in [1.82, 2.24) is 5.01 Å². The van der Waals surface area contributed by atoms with Crippen LogP contribution in [0.25, 0.3) is 0 Å². The number of para-hydroxylation sites is 2. The summed E-state index contributed by atoms with van der Waals surface area (Å²) in [5, 5.41) is 6.51. The number of rotatable bonds is 6. The first-order chi connectivity index (χ1) is 15.5. The number of carbonyl (C=O) groups excluding carboxylic acids is 1. The second-order valence-corrected chi connectivity index (χ2v) is 8.26. The van der Waals surface area contributed by atoms with E-state index in [-0.39, 0.29) is 18.5 Å². The van der Waals surface area contributed by atoms with Gasteiger partial charge in [0.15, 0.2) is 0 Å². The molecule has 1 heterocycles. The third-order valence-electron chi connectivity index (χ3n) is 5.94. The van der Waals surface area contributed by atoms with Gasteiger partial charge in [0.25, 0.3) is 5.91 Å². The molecule has 0 spiro atoms. The van der Waals surface area contributed by atoms with Crippen LogP contribution < -0.4 is 9.64 Å². The third-order valence-corrected chi connectivity index (χ3v) is 5.94. The van der Waals surface area contributed by atoms with E-state index in [9.17, 15) is 4.79 Å². The van der Waals surface area contributed by atoms with Crippen LogP contribution in [0.5, 0.6) is 5.75 Å². The molecule has 164 valence electrons. The van der Waals surface area contributed by atoms with E-state index in [1.54, 1.807) is 12.1 Å². The Bertz CT molecular complexity index is 1140. The zero-order chi connectivity index (χ0) is 22.7. The molecule has 0 aliphatic carbocycles. The van der Waals surface area contributed by atoms with E-state index in [0.29, 0.717) is 6.42 Å². The molecule has 32 heavy (non-hydrogen) atoms. The van der Waals surface area contributed by atoms with Crippen LogP contribution >= 0.6 is 0 Å². The minimum atomic E-state index is -0.210. The van der Waals surface area contributed by atoms with Crippen LogP contribution in [0.4, 0.5) is 5.69 Å². The number of hydrogen-bond donors (Lipinski definition) is 0. The predicted octanol–water partition coefficient (Wildman–Crippen LogP) is 5.13. The molecular weight excluding hydrogens is 398 g/mol. The molecule has 1 atom stereocenters. The summed E-state index contributed by atoms with van der Waals surface area (Å²) in [5.41, 5.74) is 6.32. The number of anilines is 1. The molecule has 0 fully saturated rings. The lowest BCUT2D eigenvalue weighted by molar-refractivity contribution is -0.131. The monoisotopic (exact) mass is 427 g/mol. The summed E-state index contributed by atoms with van der Waals surface area (Å²) in [7, 11) is 3.59. The SMILES string of the molecule is COc1ccccc1C1CC(c2cc(C)ccc2C)=NN1C(=O)CN(C)c1ccccc1. The zero-order valence-electron chi connectivity index (χ0n) is 19.1. The van der Waals surface area contributed by atoms with Gasteiger partial charge in [0.2, 0.25) is 0 Å². The Labute approximate surface area is 189 Å². The number of methoxy groups -OCH3 is 1. The van der Waals surface area contributed by atoms with Crippen LogP contribution in [-0.2, 0) is 4.79 Å². The summed E-state index contributed by atoms with van der Waals surface area (Å²) in [6, 6.07) is 23.9. The maximum Gasteiger partial charge on any atom is 0.262 e. The number of amides is 1. The topological polar surface area (TPSA) is 45.1 Å². The van der Waals surface area contributed by atoms with Crippen molar-refractivity contribution in [2.24, 2.45) is 5.10 Å². The Morgan fingerprint density at radius 2 is 1.78 bits per heavy atom. The van der Waals surface area contributed by atoms with Gasteiger partial charge >= 0.3 is 0 Å². The third kappa shape index (κ3) is 4.37. The van der Waals surface area contributed by atoms with Crippen molar-refractivity contribution in [3.8, 4) is 5.75 Å². The molecule has 0 aromatic heterocycles. The molecule has 1 aliphatic heterocycles. The van der Waals surface area contributed by atoms with Gasteiger partial charge in [0.05, 0.1) is 25.4 Å². The first-order valence-corrected chi connectivity index (χ1v) is 10.8. The van der Waals surface area contributed by atoms with Crippen LogP contribution in [0.15, 0.2) is 77.9 Å². The van der Waals surface area contributed by atoms with E-state index in [1.807, 2.05) is 66.5 Å². The molecule has 3 aromatic rings. The number of hydrogen-bond acceptors (Lipinski definition) is 4. The minimum absolute atomic E-state index is 0.0486. The van der Waals surface area contributed by atoms with Crippen molar-refractivity contribution in [3.63, 3.8) is 0 Å². The van der Waals surface area contributed by atoms with E-state index in [1.165, 1.54) is 5.56 Å². The standard InChI is InChI=1S/C27H29N3O2/c1-19-14-15-20(2)23(16-19)24-17-25(22-12-8-9-13-26(22)32-4)30(28-24)27(31)18-29(3)21-10-6-5-7-11-21/h5-16,25H,17-18H2,1-4H3. The summed E-state index contributed by atoms with van der Waals surface area (Å²) in [4.78, 5) is 15.4. The van der Waals surface area contributed by atoms with Gasteiger partial charge in [-0.25, -0.2) is 5.01 Å². The summed E-state index contributed by atoms with van der Waals surface area (Å²) in [5.74, 6) is 0.719. The maximum atomic E-state index is 13.5. The molecule has 4 rings (SSSR count). The Hall–Kier alpha value is -3.60. The highest BCUT2D eigenvalue weighted by Crippen LogP contribution is 2.38. The largest absolute Gasteiger partial charge is 0.496 e. The Morgan fingerprint density at radius 1 is 1.06 bits per heavy atom. The van der Waals surface area contributed by atoms with Crippen LogP contribution in [0.3, 0.4) is 0 Å². The Balaban J connectivity index is 1.69. The fourth-order valence-electron chi connectivity index (χ4n) is 4.18. The molecule has 5 heteroatoms. The predicted molar refractivity (Wildman–Crippen MR) is 129 cm³/mol. The molecule has 0 radical (unpaired) electrons. The minimum Gasteiger partial charge on any atom is -0.496 e. The molecule has 3 aromatic carbocycles. The molecule has 0 saturated heterocycles. The number of ether oxygens (including phenoxy) is 1. The van der Waals surface area contributed by atoms with Gasteiger partial charge in [-0.1, -0.05) is 54.1 Å². The van der Waals surface area contributed by atoms with Crippen LogP contribution in [0.2, 0.25) is 0 Å². The maximum absolute atomic E-state index is 13.5. The second-order valence-electron chi connectivity index (χ2n) is 8.26.